The molecule has 0 bridgehead atoms. The van der Waals surface area contributed by atoms with Gasteiger partial charge in [-0.05, 0) is 41.3 Å². The van der Waals surface area contributed by atoms with Gasteiger partial charge in [0.1, 0.15) is 5.69 Å². The molecule has 5 nitrogen and oxygen atoms in total. The highest BCUT2D eigenvalue weighted by atomic mass is 79.9. The Hall–Kier alpha value is -1.30. The van der Waals surface area contributed by atoms with Gasteiger partial charge in [0.25, 0.3) is 5.91 Å². The van der Waals surface area contributed by atoms with Gasteiger partial charge in [0, 0.05) is 43.3 Å². The summed E-state index contributed by atoms with van der Waals surface area (Å²) < 4.78 is 2.92. The molecule has 2 heterocycles. The van der Waals surface area contributed by atoms with E-state index in [1.165, 1.54) is 6.92 Å². The fourth-order valence-electron chi connectivity index (χ4n) is 2.81. The van der Waals surface area contributed by atoms with Crippen molar-refractivity contribution in [2.75, 3.05) is 13.1 Å². The van der Waals surface area contributed by atoms with E-state index in [1.807, 2.05) is 21.7 Å². The van der Waals surface area contributed by atoms with E-state index in [-0.39, 0.29) is 17.9 Å². The lowest BCUT2D eigenvalue weighted by atomic mass is 10.1. The summed E-state index contributed by atoms with van der Waals surface area (Å²) in [5, 5.41) is 2.91. The third kappa shape index (κ3) is 4.09. The lowest BCUT2D eigenvalue weighted by Gasteiger charge is -2.33. The number of carbonyl (C=O) groups is 2. The topological polar surface area (TPSA) is 54.3 Å². The molecule has 1 aromatic heterocycles. The van der Waals surface area contributed by atoms with Gasteiger partial charge in [0.15, 0.2) is 0 Å². The Morgan fingerprint density at radius 1 is 1.48 bits per heavy atom. The van der Waals surface area contributed by atoms with Crippen molar-refractivity contribution in [1.82, 2.24) is 14.8 Å². The monoisotopic (exact) mass is 355 g/mol. The number of halogens is 1. The molecular formula is C15H22BrN3O2. The largest absolute Gasteiger partial charge is 0.352 e. The van der Waals surface area contributed by atoms with Crippen LogP contribution in [0, 0.1) is 0 Å². The first-order valence-corrected chi connectivity index (χ1v) is 8.22. The van der Waals surface area contributed by atoms with E-state index in [2.05, 4.69) is 28.2 Å². The number of aryl methyl sites for hydroxylation is 1. The first-order chi connectivity index (χ1) is 10.0. The third-order valence-electron chi connectivity index (χ3n) is 3.66. The van der Waals surface area contributed by atoms with Crippen molar-refractivity contribution in [1.29, 1.82) is 0 Å². The van der Waals surface area contributed by atoms with Crippen molar-refractivity contribution in [3.8, 4) is 0 Å². The van der Waals surface area contributed by atoms with Crippen LogP contribution in [0.4, 0.5) is 0 Å². The average Bonchev–Trinajstić information content (AvgIpc) is 2.79. The van der Waals surface area contributed by atoms with Crippen molar-refractivity contribution in [2.45, 2.75) is 45.7 Å². The van der Waals surface area contributed by atoms with Crippen molar-refractivity contribution in [2.24, 2.45) is 0 Å². The van der Waals surface area contributed by atoms with Crippen molar-refractivity contribution in [3.05, 3.63) is 22.4 Å². The molecule has 1 unspecified atom stereocenters. The number of carbonyl (C=O) groups excluding carboxylic acids is 2. The Balaban J connectivity index is 2.10. The van der Waals surface area contributed by atoms with Gasteiger partial charge in [-0.15, -0.1) is 0 Å². The second-order valence-corrected chi connectivity index (χ2v) is 6.44. The number of likely N-dealkylation sites (tertiary alicyclic amines) is 1. The quantitative estimate of drug-likeness (QED) is 0.901. The molecule has 6 heteroatoms. The van der Waals surface area contributed by atoms with Gasteiger partial charge >= 0.3 is 0 Å². The fourth-order valence-corrected chi connectivity index (χ4v) is 3.27. The number of hydrogen-bond acceptors (Lipinski definition) is 2. The number of amides is 2. The zero-order valence-corrected chi connectivity index (χ0v) is 14.1. The van der Waals surface area contributed by atoms with Gasteiger partial charge in [-0.2, -0.15) is 0 Å². The molecule has 0 radical (unpaired) electrons. The Morgan fingerprint density at radius 3 is 2.90 bits per heavy atom. The minimum Gasteiger partial charge on any atom is -0.352 e. The maximum atomic E-state index is 12.7. The van der Waals surface area contributed by atoms with Crippen molar-refractivity contribution >= 4 is 27.7 Å². The van der Waals surface area contributed by atoms with Crippen LogP contribution < -0.4 is 5.32 Å². The van der Waals surface area contributed by atoms with E-state index in [4.69, 9.17) is 0 Å². The van der Waals surface area contributed by atoms with Gasteiger partial charge in [0.05, 0.1) is 0 Å². The van der Waals surface area contributed by atoms with E-state index < -0.39 is 0 Å². The summed E-state index contributed by atoms with van der Waals surface area (Å²) in [4.78, 5) is 25.7. The minimum atomic E-state index is -0.0357. The Bertz CT molecular complexity index is 527. The third-order valence-corrected chi connectivity index (χ3v) is 4.10. The Kier molecular flexibility index (Phi) is 5.45. The molecule has 1 saturated heterocycles. The molecule has 116 valence electrons. The van der Waals surface area contributed by atoms with Crippen LogP contribution in [-0.4, -0.2) is 40.4 Å². The highest BCUT2D eigenvalue weighted by Crippen LogP contribution is 2.19. The van der Waals surface area contributed by atoms with Crippen molar-refractivity contribution < 1.29 is 9.59 Å². The Morgan fingerprint density at radius 2 is 2.24 bits per heavy atom. The fraction of sp³-hybridized carbons (Fsp3) is 0.600. The Labute approximate surface area is 133 Å². The summed E-state index contributed by atoms with van der Waals surface area (Å²) in [6.45, 7) is 5.78. The highest BCUT2D eigenvalue weighted by molar-refractivity contribution is 9.10. The average molecular weight is 356 g/mol. The molecule has 1 aliphatic rings. The van der Waals surface area contributed by atoms with Gasteiger partial charge in [-0.1, -0.05) is 6.92 Å². The molecule has 2 rings (SSSR count). The molecular weight excluding hydrogens is 334 g/mol. The summed E-state index contributed by atoms with van der Waals surface area (Å²) in [5.41, 5.74) is 0.715. The molecule has 1 aliphatic heterocycles. The number of rotatable bonds is 4. The summed E-state index contributed by atoms with van der Waals surface area (Å²) >= 11 is 3.44. The lowest BCUT2D eigenvalue weighted by molar-refractivity contribution is -0.120. The maximum absolute atomic E-state index is 12.7. The van der Waals surface area contributed by atoms with Crippen LogP contribution in [0.15, 0.2) is 16.7 Å². The molecule has 21 heavy (non-hydrogen) atoms. The van der Waals surface area contributed by atoms with E-state index in [0.29, 0.717) is 12.2 Å². The van der Waals surface area contributed by atoms with Crippen LogP contribution in [0.3, 0.4) is 0 Å². The molecule has 0 aliphatic carbocycles. The van der Waals surface area contributed by atoms with Crippen LogP contribution >= 0.6 is 15.9 Å². The molecule has 1 atom stereocenters. The summed E-state index contributed by atoms with van der Waals surface area (Å²) in [7, 11) is 0. The van der Waals surface area contributed by atoms with Crippen LogP contribution in [0.5, 0.6) is 0 Å². The maximum Gasteiger partial charge on any atom is 0.270 e. The standard InChI is InChI=1S/C15H22BrN3O2/c1-3-6-18-9-12(16)8-14(18)15(21)19-7-4-5-13(10-19)17-11(2)20/h8-9,13H,3-7,10H2,1-2H3,(H,17,20). The summed E-state index contributed by atoms with van der Waals surface area (Å²) in [6, 6.07) is 1.94. The smallest absolute Gasteiger partial charge is 0.270 e. The number of nitrogens with zero attached hydrogens (tertiary/aromatic N) is 2. The van der Waals surface area contributed by atoms with Crippen LogP contribution in [-0.2, 0) is 11.3 Å². The number of nitrogens with one attached hydrogen (secondary N) is 1. The van der Waals surface area contributed by atoms with E-state index >= 15 is 0 Å². The minimum absolute atomic E-state index is 0.0357. The van der Waals surface area contributed by atoms with Gasteiger partial charge in [-0.3, -0.25) is 9.59 Å². The van der Waals surface area contributed by atoms with Crippen LogP contribution in [0.2, 0.25) is 0 Å². The second kappa shape index (κ2) is 7.11. The van der Waals surface area contributed by atoms with E-state index in [9.17, 15) is 9.59 Å². The molecule has 0 spiro atoms. The van der Waals surface area contributed by atoms with Gasteiger partial charge < -0.3 is 14.8 Å². The molecule has 0 saturated carbocycles. The number of hydrogen-bond donors (Lipinski definition) is 1. The lowest BCUT2D eigenvalue weighted by Crippen LogP contribution is -2.49. The number of piperidine rings is 1. The molecule has 1 N–H and O–H groups in total. The van der Waals surface area contributed by atoms with E-state index in [0.717, 1.165) is 36.8 Å². The van der Waals surface area contributed by atoms with Gasteiger partial charge in [-0.25, -0.2) is 0 Å². The van der Waals surface area contributed by atoms with Crippen LogP contribution in [0.1, 0.15) is 43.6 Å². The van der Waals surface area contributed by atoms with E-state index in [1.54, 1.807) is 0 Å². The summed E-state index contributed by atoms with van der Waals surface area (Å²) in [5.74, 6) is 0.00982. The zero-order chi connectivity index (χ0) is 15.4. The van der Waals surface area contributed by atoms with Gasteiger partial charge in [0.2, 0.25) is 5.91 Å². The summed E-state index contributed by atoms with van der Waals surface area (Å²) in [6.07, 6.45) is 4.79. The normalized spacial score (nSPS) is 18.6. The second-order valence-electron chi connectivity index (χ2n) is 5.53. The molecule has 0 aromatic carbocycles. The van der Waals surface area contributed by atoms with Crippen LogP contribution in [0.25, 0.3) is 0 Å². The molecule has 2 amide bonds. The number of aromatic nitrogens is 1. The predicted molar refractivity (Wildman–Crippen MR) is 85.2 cm³/mol. The zero-order valence-electron chi connectivity index (χ0n) is 12.6. The first-order valence-electron chi connectivity index (χ1n) is 7.43. The van der Waals surface area contributed by atoms with Crippen molar-refractivity contribution in [3.63, 3.8) is 0 Å². The predicted octanol–water partition coefficient (Wildman–Crippen LogP) is 2.40. The molecule has 1 fully saturated rings. The SMILES string of the molecule is CCCn1cc(Br)cc1C(=O)N1CCCC(NC(C)=O)C1. The highest BCUT2D eigenvalue weighted by Gasteiger charge is 2.26. The molecule has 1 aromatic rings. The first kappa shape index (κ1) is 16.1.